The van der Waals surface area contributed by atoms with Gasteiger partial charge in [0.15, 0.2) is 11.5 Å². The number of carbonyl (C=O) groups excluding carboxylic acids is 1. The molecule has 0 radical (unpaired) electrons. The van der Waals surface area contributed by atoms with Crippen LogP contribution in [-0.2, 0) is 19.6 Å². The lowest BCUT2D eigenvalue weighted by Gasteiger charge is -2.29. The molecule has 1 aliphatic rings. The van der Waals surface area contributed by atoms with Crippen molar-refractivity contribution in [1.82, 2.24) is 4.31 Å². The summed E-state index contributed by atoms with van der Waals surface area (Å²) in [6, 6.07) is 5.97. The Balaban J connectivity index is 2.82. The number of rotatable bonds is 2. The fourth-order valence-corrected chi connectivity index (χ4v) is 3.67. The summed E-state index contributed by atoms with van der Waals surface area (Å²) in [6.45, 7) is 1.59. The molecule has 1 aromatic carbocycles. The summed E-state index contributed by atoms with van der Waals surface area (Å²) in [7, 11) is -2.73. The van der Waals surface area contributed by atoms with E-state index in [1.165, 1.54) is 12.1 Å². The first-order chi connectivity index (χ1) is 8.95. The molecule has 0 aliphatic carbocycles. The number of methoxy groups -OCH3 is 1. The number of likely N-dealkylation sites (N-methyl/N-ethyl adjacent to an activating group) is 1. The van der Waals surface area contributed by atoms with E-state index < -0.39 is 16.0 Å². The number of aliphatic hydroxyl groups is 1. The monoisotopic (exact) mass is 283 g/mol. The smallest absolute Gasteiger partial charge is 0.359 e. The maximum atomic E-state index is 12.4. The number of sulfonamides is 1. The van der Waals surface area contributed by atoms with Crippen molar-refractivity contribution in [1.29, 1.82) is 0 Å². The first-order valence-corrected chi connectivity index (χ1v) is 7.02. The van der Waals surface area contributed by atoms with E-state index in [4.69, 9.17) is 0 Å². The lowest BCUT2D eigenvalue weighted by molar-refractivity contribution is -0.137. The summed E-state index contributed by atoms with van der Waals surface area (Å²) >= 11 is 0. The van der Waals surface area contributed by atoms with E-state index in [0.29, 0.717) is 0 Å². The van der Waals surface area contributed by atoms with Gasteiger partial charge in [-0.25, -0.2) is 13.2 Å². The molecule has 102 valence electrons. The van der Waals surface area contributed by atoms with E-state index in [0.717, 1.165) is 11.4 Å². The Hall–Kier alpha value is -2.02. The van der Waals surface area contributed by atoms with Gasteiger partial charge in [0.2, 0.25) is 0 Å². The SMILES string of the molecule is CCN1C(C(=O)OC)=C(O)c2ccccc2S1(=O)=O. The molecule has 6 nitrogen and oxygen atoms in total. The van der Waals surface area contributed by atoms with Crippen molar-refractivity contribution in [2.45, 2.75) is 11.8 Å². The van der Waals surface area contributed by atoms with Crippen molar-refractivity contribution < 1.29 is 23.1 Å². The highest BCUT2D eigenvalue weighted by atomic mass is 32.2. The van der Waals surface area contributed by atoms with Gasteiger partial charge in [-0.3, -0.25) is 4.31 Å². The van der Waals surface area contributed by atoms with Crippen LogP contribution in [0.2, 0.25) is 0 Å². The average molecular weight is 283 g/mol. The minimum Gasteiger partial charge on any atom is -0.505 e. The first-order valence-electron chi connectivity index (χ1n) is 5.58. The second-order valence-electron chi connectivity index (χ2n) is 3.85. The zero-order valence-corrected chi connectivity index (χ0v) is 11.3. The molecule has 0 amide bonds. The van der Waals surface area contributed by atoms with Gasteiger partial charge in [-0.05, 0) is 19.1 Å². The minimum absolute atomic E-state index is 0.0190. The fourth-order valence-electron chi connectivity index (χ4n) is 2.00. The zero-order chi connectivity index (χ0) is 14.2. The Kier molecular flexibility index (Phi) is 3.23. The molecule has 0 bridgehead atoms. The second kappa shape index (κ2) is 4.58. The number of hydrogen-bond donors (Lipinski definition) is 1. The molecule has 1 aliphatic heterocycles. The van der Waals surface area contributed by atoms with Crippen LogP contribution in [0.1, 0.15) is 12.5 Å². The average Bonchev–Trinajstić information content (AvgIpc) is 2.41. The molecule has 0 fully saturated rings. The van der Waals surface area contributed by atoms with Gasteiger partial charge in [0, 0.05) is 12.1 Å². The van der Waals surface area contributed by atoms with Crippen LogP contribution in [0, 0.1) is 0 Å². The molecular weight excluding hydrogens is 270 g/mol. The van der Waals surface area contributed by atoms with E-state index in [9.17, 15) is 18.3 Å². The number of aliphatic hydroxyl groups excluding tert-OH is 1. The molecule has 0 spiro atoms. The van der Waals surface area contributed by atoms with E-state index in [2.05, 4.69) is 4.74 Å². The summed E-state index contributed by atoms with van der Waals surface area (Å²) in [5, 5.41) is 10.1. The van der Waals surface area contributed by atoms with Crippen molar-refractivity contribution >= 4 is 21.8 Å². The number of ether oxygens (including phenoxy) is 1. The van der Waals surface area contributed by atoms with E-state index in [1.807, 2.05) is 0 Å². The molecule has 7 heteroatoms. The third-order valence-corrected chi connectivity index (χ3v) is 4.78. The van der Waals surface area contributed by atoms with Gasteiger partial charge < -0.3 is 9.84 Å². The van der Waals surface area contributed by atoms with Gasteiger partial charge in [0.25, 0.3) is 10.0 Å². The summed E-state index contributed by atoms with van der Waals surface area (Å²) in [6.07, 6.45) is 0. The molecule has 1 aromatic rings. The molecular formula is C12H13NO5S. The van der Waals surface area contributed by atoms with Crippen molar-refractivity contribution in [2.75, 3.05) is 13.7 Å². The number of nitrogens with zero attached hydrogens (tertiary/aromatic N) is 1. The minimum atomic E-state index is -3.86. The number of benzene rings is 1. The summed E-state index contributed by atoms with van der Waals surface area (Å²) < 4.78 is 30.2. The topological polar surface area (TPSA) is 83.9 Å². The molecule has 1 heterocycles. The van der Waals surface area contributed by atoms with Gasteiger partial charge in [-0.2, -0.15) is 0 Å². The van der Waals surface area contributed by atoms with Crippen molar-refractivity contribution in [3.8, 4) is 0 Å². The maximum absolute atomic E-state index is 12.4. The Morgan fingerprint density at radius 2 is 2.00 bits per heavy atom. The molecule has 0 aromatic heterocycles. The highest BCUT2D eigenvalue weighted by molar-refractivity contribution is 7.89. The lowest BCUT2D eigenvalue weighted by Crippen LogP contribution is -2.38. The number of hydrogen-bond acceptors (Lipinski definition) is 5. The van der Waals surface area contributed by atoms with Gasteiger partial charge in [0.1, 0.15) is 0 Å². The van der Waals surface area contributed by atoms with Crippen LogP contribution in [-0.4, -0.2) is 37.5 Å². The van der Waals surface area contributed by atoms with Gasteiger partial charge in [0.05, 0.1) is 12.0 Å². The van der Waals surface area contributed by atoms with Gasteiger partial charge in [-0.1, -0.05) is 12.1 Å². The largest absolute Gasteiger partial charge is 0.505 e. The number of esters is 1. The summed E-state index contributed by atoms with van der Waals surface area (Å²) in [4.78, 5) is 11.7. The van der Waals surface area contributed by atoms with Crippen LogP contribution < -0.4 is 0 Å². The second-order valence-corrected chi connectivity index (χ2v) is 5.69. The van der Waals surface area contributed by atoms with Crippen LogP contribution in [0.4, 0.5) is 0 Å². The normalized spacial score (nSPS) is 17.1. The van der Waals surface area contributed by atoms with E-state index >= 15 is 0 Å². The summed E-state index contributed by atoms with van der Waals surface area (Å²) in [5.41, 5.74) is -0.253. The Morgan fingerprint density at radius 1 is 1.37 bits per heavy atom. The van der Waals surface area contributed by atoms with Crippen LogP contribution in [0.3, 0.4) is 0 Å². The van der Waals surface area contributed by atoms with Crippen LogP contribution in [0.5, 0.6) is 0 Å². The van der Waals surface area contributed by atoms with E-state index in [1.54, 1.807) is 19.1 Å². The van der Waals surface area contributed by atoms with Crippen LogP contribution in [0.25, 0.3) is 5.76 Å². The van der Waals surface area contributed by atoms with Crippen LogP contribution in [0.15, 0.2) is 34.9 Å². The maximum Gasteiger partial charge on any atom is 0.359 e. The van der Waals surface area contributed by atoms with Crippen molar-refractivity contribution in [3.63, 3.8) is 0 Å². The molecule has 0 atom stereocenters. The first kappa shape index (κ1) is 13.4. The molecule has 2 rings (SSSR count). The van der Waals surface area contributed by atoms with E-state index in [-0.39, 0.29) is 28.5 Å². The van der Waals surface area contributed by atoms with Gasteiger partial charge >= 0.3 is 5.97 Å². The van der Waals surface area contributed by atoms with Gasteiger partial charge in [-0.15, -0.1) is 0 Å². The third-order valence-electron chi connectivity index (χ3n) is 2.85. The fraction of sp³-hybridized carbons (Fsp3) is 0.250. The number of carbonyl (C=O) groups is 1. The Labute approximate surface area is 111 Å². The predicted molar refractivity (Wildman–Crippen MR) is 67.6 cm³/mol. The quantitative estimate of drug-likeness (QED) is 0.822. The highest BCUT2D eigenvalue weighted by Gasteiger charge is 2.39. The Bertz CT molecular complexity index is 662. The zero-order valence-electron chi connectivity index (χ0n) is 10.5. The standard InChI is InChI=1S/C12H13NO5S/c1-3-13-10(12(15)18-2)11(14)8-6-4-5-7-9(8)19(13,16)17/h4-7,14H,3H2,1-2H3. The van der Waals surface area contributed by atoms with Crippen molar-refractivity contribution in [3.05, 3.63) is 35.5 Å². The molecule has 1 N–H and O–H groups in total. The molecule has 19 heavy (non-hydrogen) atoms. The third kappa shape index (κ3) is 1.86. The molecule has 0 saturated carbocycles. The summed E-state index contributed by atoms with van der Waals surface area (Å²) in [5.74, 6) is -1.28. The lowest BCUT2D eigenvalue weighted by atomic mass is 10.1. The number of fused-ring (bicyclic) bond motifs is 1. The Morgan fingerprint density at radius 3 is 2.58 bits per heavy atom. The molecule has 0 saturated heterocycles. The highest BCUT2D eigenvalue weighted by Crippen LogP contribution is 2.35. The van der Waals surface area contributed by atoms with Crippen LogP contribution >= 0.6 is 0 Å². The predicted octanol–water partition coefficient (Wildman–Crippen LogP) is 1.11. The van der Waals surface area contributed by atoms with Crippen molar-refractivity contribution in [2.24, 2.45) is 0 Å². The molecule has 0 unspecified atom stereocenters.